The Morgan fingerprint density at radius 3 is 2.75 bits per heavy atom. The van der Waals surface area contributed by atoms with Gasteiger partial charge in [-0.3, -0.25) is 9.78 Å². The molecule has 3 rings (SSSR count). The zero-order valence-corrected chi connectivity index (χ0v) is 14.5. The Morgan fingerprint density at radius 1 is 1.29 bits per heavy atom. The molecule has 0 aliphatic heterocycles. The molecule has 3 heterocycles. The van der Waals surface area contributed by atoms with Crippen LogP contribution >= 0.6 is 0 Å². The van der Waals surface area contributed by atoms with Crippen LogP contribution in [0.25, 0.3) is 5.65 Å². The van der Waals surface area contributed by atoms with E-state index in [1.165, 1.54) is 0 Å². The number of imidazole rings is 1. The largest absolute Gasteiger partial charge is 0.345 e. The Balaban J connectivity index is 1.89. The molecule has 0 bridgehead atoms. The quantitative estimate of drug-likeness (QED) is 0.802. The first-order valence-electron chi connectivity index (χ1n) is 8.04. The van der Waals surface area contributed by atoms with Gasteiger partial charge in [-0.15, -0.1) is 0 Å². The maximum atomic E-state index is 12.8. The first-order chi connectivity index (χ1) is 11.3. The molecule has 1 N–H and O–H groups in total. The molecule has 0 radical (unpaired) electrons. The van der Waals surface area contributed by atoms with Gasteiger partial charge in [0.2, 0.25) is 0 Å². The molecule has 0 aliphatic rings. The number of carbonyl (C=O) groups is 1. The molecule has 0 saturated heterocycles. The summed E-state index contributed by atoms with van der Waals surface area (Å²) >= 11 is 0. The molecule has 0 saturated carbocycles. The fourth-order valence-electron chi connectivity index (χ4n) is 2.89. The number of fused-ring (bicyclic) bond motifs is 1. The molecule has 3 aromatic heterocycles. The topological polar surface area (TPSA) is 64.2 Å². The van der Waals surface area contributed by atoms with Gasteiger partial charge in [-0.2, -0.15) is 5.10 Å². The van der Waals surface area contributed by atoms with E-state index < -0.39 is 0 Å². The van der Waals surface area contributed by atoms with E-state index in [-0.39, 0.29) is 17.4 Å². The van der Waals surface area contributed by atoms with Gasteiger partial charge in [0.25, 0.3) is 5.91 Å². The van der Waals surface area contributed by atoms with Crippen molar-refractivity contribution in [3.8, 4) is 0 Å². The number of pyridine rings is 1. The van der Waals surface area contributed by atoms with Gasteiger partial charge in [0.1, 0.15) is 11.2 Å². The summed E-state index contributed by atoms with van der Waals surface area (Å²) in [5.41, 5.74) is 2.45. The van der Waals surface area contributed by atoms with Crippen LogP contribution in [0.2, 0.25) is 0 Å². The van der Waals surface area contributed by atoms with Gasteiger partial charge in [0, 0.05) is 31.8 Å². The van der Waals surface area contributed by atoms with Crippen LogP contribution in [-0.4, -0.2) is 25.1 Å². The van der Waals surface area contributed by atoms with Crippen LogP contribution in [0.1, 0.15) is 49.2 Å². The minimum absolute atomic E-state index is 0.0765. The second-order valence-electron chi connectivity index (χ2n) is 7.31. The minimum atomic E-state index is -0.120. The molecule has 0 unspecified atom stereocenters. The molecular weight excluding hydrogens is 302 g/mol. The van der Waals surface area contributed by atoms with Crippen molar-refractivity contribution in [2.24, 2.45) is 12.5 Å². The van der Waals surface area contributed by atoms with Crippen molar-refractivity contribution < 1.29 is 4.79 Å². The van der Waals surface area contributed by atoms with Gasteiger partial charge in [-0.05, 0) is 23.5 Å². The summed E-state index contributed by atoms with van der Waals surface area (Å²) in [6, 6.07) is 3.80. The monoisotopic (exact) mass is 325 g/mol. The van der Waals surface area contributed by atoms with Crippen molar-refractivity contribution in [2.75, 3.05) is 0 Å². The van der Waals surface area contributed by atoms with E-state index in [0.717, 1.165) is 17.6 Å². The van der Waals surface area contributed by atoms with Gasteiger partial charge in [0.05, 0.1) is 12.2 Å². The van der Waals surface area contributed by atoms with Crippen molar-refractivity contribution in [1.29, 1.82) is 0 Å². The second-order valence-corrected chi connectivity index (χ2v) is 7.31. The third kappa shape index (κ3) is 3.32. The Morgan fingerprint density at radius 2 is 2.08 bits per heavy atom. The Kier molecular flexibility index (Phi) is 4.13. The number of rotatable bonds is 4. The summed E-state index contributed by atoms with van der Waals surface area (Å²) in [5.74, 6) is -0.120. The fourth-order valence-corrected chi connectivity index (χ4v) is 2.89. The van der Waals surface area contributed by atoms with Gasteiger partial charge in [0.15, 0.2) is 0 Å². The smallest absolute Gasteiger partial charge is 0.257 e. The maximum absolute atomic E-state index is 12.8. The van der Waals surface area contributed by atoms with E-state index in [1.54, 1.807) is 16.9 Å². The molecule has 1 amide bonds. The van der Waals surface area contributed by atoms with Crippen LogP contribution in [0.3, 0.4) is 0 Å². The number of amides is 1. The molecular formula is C18H23N5O. The lowest BCUT2D eigenvalue weighted by atomic mass is 9.85. The number of carbonyl (C=O) groups excluding carboxylic acids is 1. The Hall–Kier alpha value is -2.63. The molecule has 1 atom stereocenters. The van der Waals surface area contributed by atoms with Crippen LogP contribution in [0.5, 0.6) is 0 Å². The van der Waals surface area contributed by atoms with E-state index in [1.807, 2.05) is 42.3 Å². The van der Waals surface area contributed by atoms with Crippen LogP contribution in [0.4, 0.5) is 0 Å². The van der Waals surface area contributed by atoms with Gasteiger partial charge in [-0.1, -0.05) is 26.8 Å². The first-order valence-corrected chi connectivity index (χ1v) is 8.04. The molecule has 3 aromatic rings. The van der Waals surface area contributed by atoms with E-state index in [9.17, 15) is 4.79 Å². The number of aryl methyl sites for hydroxylation is 1. The normalized spacial score (nSPS) is 13.2. The summed E-state index contributed by atoms with van der Waals surface area (Å²) in [5, 5.41) is 7.39. The van der Waals surface area contributed by atoms with E-state index in [2.05, 4.69) is 36.2 Å². The lowest BCUT2D eigenvalue weighted by Gasteiger charge is -2.27. The zero-order valence-electron chi connectivity index (χ0n) is 14.5. The average molecular weight is 325 g/mol. The van der Waals surface area contributed by atoms with Crippen molar-refractivity contribution >= 4 is 11.6 Å². The van der Waals surface area contributed by atoms with Crippen LogP contribution in [-0.2, 0) is 7.05 Å². The number of nitrogens with zero attached hydrogens (tertiary/aromatic N) is 4. The number of aromatic nitrogens is 4. The zero-order chi connectivity index (χ0) is 17.3. The molecule has 6 nitrogen and oxygen atoms in total. The predicted octanol–water partition coefficient (Wildman–Crippen LogP) is 2.98. The summed E-state index contributed by atoms with van der Waals surface area (Å²) in [4.78, 5) is 17.0. The van der Waals surface area contributed by atoms with Crippen molar-refractivity contribution in [2.45, 2.75) is 33.2 Å². The summed E-state index contributed by atoms with van der Waals surface area (Å²) < 4.78 is 3.60. The van der Waals surface area contributed by atoms with Gasteiger partial charge < -0.3 is 9.88 Å². The van der Waals surface area contributed by atoms with Crippen LogP contribution < -0.4 is 5.32 Å². The van der Waals surface area contributed by atoms with E-state index >= 15 is 0 Å². The highest BCUT2D eigenvalue weighted by molar-refractivity contribution is 6.00. The summed E-state index contributed by atoms with van der Waals surface area (Å²) in [6.07, 6.45) is 9.70. The lowest BCUT2D eigenvalue weighted by molar-refractivity contribution is 0.0927. The lowest BCUT2D eigenvalue weighted by Crippen LogP contribution is -2.31. The summed E-state index contributed by atoms with van der Waals surface area (Å²) in [6.45, 7) is 6.49. The number of nitrogens with one attached hydrogen (secondary N) is 1. The van der Waals surface area contributed by atoms with Crippen molar-refractivity contribution in [1.82, 2.24) is 24.5 Å². The molecule has 24 heavy (non-hydrogen) atoms. The maximum Gasteiger partial charge on any atom is 0.257 e. The highest BCUT2D eigenvalue weighted by Gasteiger charge is 2.24. The molecule has 0 aromatic carbocycles. The highest BCUT2D eigenvalue weighted by Crippen LogP contribution is 2.29. The number of hydrogen-bond donors (Lipinski definition) is 1. The number of hydrogen-bond acceptors (Lipinski definition) is 3. The Labute approximate surface area is 141 Å². The predicted molar refractivity (Wildman–Crippen MR) is 92.7 cm³/mol. The van der Waals surface area contributed by atoms with Crippen molar-refractivity contribution in [3.63, 3.8) is 0 Å². The highest BCUT2D eigenvalue weighted by atomic mass is 16.1. The summed E-state index contributed by atoms with van der Waals surface area (Å²) in [7, 11) is 1.90. The molecule has 126 valence electrons. The van der Waals surface area contributed by atoms with Gasteiger partial charge in [-0.25, -0.2) is 4.52 Å². The van der Waals surface area contributed by atoms with Crippen LogP contribution in [0, 0.1) is 5.41 Å². The third-order valence-electron chi connectivity index (χ3n) is 3.99. The SMILES string of the molecule is Cn1ccn2ncc(C(=O)N[C@@H](CC(C)(C)C)c3cccnc3)c12. The first kappa shape index (κ1) is 16.2. The molecule has 0 aliphatic carbocycles. The minimum Gasteiger partial charge on any atom is -0.345 e. The third-order valence-corrected chi connectivity index (χ3v) is 3.99. The van der Waals surface area contributed by atoms with Gasteiger partial charge >= 0.3 is 0 Å². The van der Waals surface area contributed by atoms with E-state index in [4.69, 9.17) is 0 Å². The molecule has 0 fully saturated rings. The molecule has 0 spiro atoms. The standard InChI is InChI=1S/C18H23N5O/c1-18(2,3)10-15(13-6-5-7-19-11-13)21-16(24)14-12-20-23-9-8-22(4)17(14)23/h5-9,11-12,15H,10H2,1-4H3,(H,21,24)/t15-/m0/s1. The van der Waals surface area contributed by atoms with E-state index in [0.29, 0.717) is 5.56 Å². The second kappa shape index (κ2) is 6.11. The molecule has 6 heteroatoms. The fraction of sp³-hybridized carbons (Fsp3) is 0.389. The average Bonchev–Trinajstić information content (AvgIpc) is 3.09. The van der Waals surface area contributed by atoms with Crippen LogP contribution in [0.15, 0.2) is 43.1 Å². The van der Waals surface area contributed by atoms with Crippen molar-refractivity contribution in [3.05, 3.63) is 54.2 Å². The Bertz CT molecular complexity index is 841.